The van der Waals surface area contributed by atoms with E-state index in [9.17, 15) is 4.79 Å². The van der Waals surface area contributed by atoms with Gasteiger partial charge in [0, 0.05) is 24.1 Å². The van der Waals surface area contributed by atoms with Crippen LogP contribution in [0.25, 0.3) is 0 Å². The largest absolute Gasteiger partial charge is 0.416 e. The molecule has 112 valence electrons. The normalized spacial score (nSPS) is 10.6. The number of nitrogens with two attached hydrogens (primary N) is 1. The Morgan fingerprint density at radius 3 is 2.81 bits per heavy atom. The highest BCUT2D eigenvalue weighted by molar-refractivity contribution is 7.99. The predicted octanol–water partition coefficient (Wildman–Crippen LogP) is 3.39. The van der Waals surface area contributed by atoms with Gasteiger partial charge in [-0.3, -0.25) is 4.79 Å². The molecule has 0 saturated carbocycles. The summed E-state index contributed by atoms with van der Waals surface area (Å²) >= 11 is 13.1. The van der Waals surface area contributed by atoms with Crippen molar-refractivity contribution in [2.75, 3.05) is 16.8 Å². The lowest BCUT2D eigenvalue weighted by atomic mass is 10.2. The summed E-state index contributed by atoms with van der Waals surface area (Å²) < 4.78 is 5.19. The molecule has 0 aliphatic heterocycles. The van der Waals surface area contributed by atoms with Gasteiger partial charge in [0.2, 0.25) is 11.8 Å². The van der Waals surface area contributed by atoms with Gasteiger partial charge in [-0.15, -0.1) is 10.2 Å². The van der Waals surface area contributed by atoms with Crippen LogP contribution < -0.4 is 11.1 Å². The number of benzene rings is 1. The number of halogens is 2. The van der Waals surface area contributed by atoms with Crippen LogP contribution in [0.4, 0.5) is 11.4 Å². The maximum absolute atomic E-state index is 11.9. The van der Waals surface area contributed by atoms with Crippen molar-refractivity contribution in [3.05, 3.63) is 28.1 Å². The topological polar surface area (TPSA) is 94.0 Å². The lowest BCUT2D eigenvalue weighted by molar-refractivity contribution is -0.115. The van der Waals surface area contributed by atoms with Gasteiger partial charge in [-0.1, -0.05) is 35.0 Å². The summed E-state index contributed by atoms with van der Waals surface area (Å²) in [5.41, 5.74) is 6.46. The quantitative estimate of drug-likeness (QED) is 0.636. The van der Waals surface area contributed by atoms with Crippen LogP contribution >= 0.6 is 35.0 Å². The highest BCUT2D eigenvalue weighted by atomic mass is 35.5. The number of amides is 1. The van der Waals surface area contributed by atoms with Gasteiger partial charge in [-0.25, -0.2) is 0 Å². The molecule has 9 heteroatoms. The van der Waals surface area contributed by atoms with Gasteiger partial charge in [-0.2, -0.15) is 0 Å². The Labute approximate surface area is 135 Å². The van der Waals surface area contributed by atoms with Gasteiger partial charge in [0.1, 0.15) is 0 Å². The summed E-state index contributed by atoms with van der Waals surface area (Å²) in [4.78, 5) is 11.9. The molecular weight excluding hydrogens is 335 g/mol. The zero-order chi connectivity index (χ0) is 15.4. The molecule has 0 saturated heterocycles. The van der Waals surface area contributed by atoms with Crippen LogP contribution in [0.1, 0.15) is 12.3 Å². The minimum absolute atomic E-state index is 0.213. The highest BCUT2D eigenvalue weighted by Gasteiger charge is 2.11. The van der Waals surface area contributed by atoms with Crippen LogP contribution in [-0.4, -0.2) is 21.9 Å². The minimum Gasteiger partial charge on any atom is -0.416 e. The van der Waals surface area contributed by atoms with Crippen molar-refractivity contribution in [3.63, 3.8) is 0 Å². The van der Waals surface area contributed by atoms with E-state index in [1.807, 2.05) is 0 Å². The fourth-order valence-corrected chi connectivity index (χ4v) is 2.79. The molecule has 1 heterocycles. The monoisotopic (exact) mass is 346 g/mol. The zero-order valence-electron chi connectivity index (χ0n) is 11.0. The molecule has 2 rings (SSSR count). The van der Waals surface area contributed by atoms with Crippen molar-refractivity contribution in [3.8, 4) is 0 Å². The van der Waals surface area contributed by atoms with E-state index in [2.05, 4.69) is 15.5 Å². The number of hydrogen-bond donors (Lipinski definition) is 2. The number of anilines is 2. The molecule has 0 bridgehead atoms. The van der Waals surface area contributed by atoms with Crippen molar-refractivity contribution in [1.29, 1.82) is 0 Å². The Bertz CT molecular complexity index is 639. The van der Waals surface area contributed by atoms with Crippen molar-refractivity contribution in [1.82, 2.24) is 10.2 Å². The first-order valence-electron chi connectivity index (χ1n) is 5.93. The van der Waals surface area contributed by atoms with Gasteiger partial charge in [0.05, 0.1) is 16.4 Å². The third-order valence-corrected chi connectivity index (χ3v) is 3.75. The van der Waals surface area contributed by atoms with Crippen LogP contribution in [0.5, 0.6) is 0 Å². The van der Waals surface area contributed by atoms with Gasteiger partial charge >= 0.3 is 0 Å². The summed E-state index contributed by atoms with van der Waals surface area (Å²) in [5, 5.41) is 11.3. The number of carbonyl (C=O) groups is 1. The molecule has 1 amide bonds. The molecule has 2 aromatic rings. The Hall–Kier alpha value is -1.44. The number of carbonyl (C=O) groups excluding carboxylic acids is 1. The SMILES string of the molecule is Cc1nnc(SCCC(=O)Nc2c(N)cc(Cl)cc2Cl)o1. The van der Waals surface area contributed by atoms with Gasteiger partial charge < -0.3 is 15.5 Å². The Morgan fingerprint density at radius 1 is 1.43 bits per heavy atom. The zero-order valence-corrected chi connectivity index (χ0v) is 13.3. The van der Waals surface area contributed by atoms with Crippen LogP contribution in [0.15, 0.2) is 21.8 Å². The molecule has 3 N–H and O–H groups in total. The number of nitrogens with zero attached hydrogens (tertiary/aromatic N) is 2. The molecule has 0 spiro atoms. The van der Waals surface area contributed by atoms with Gasteiger partial charge in [0.25, 0.3) is 5.22 Å². The second-order valence-electron chi connectivity index (χ2n) is 4.09. The van der Waals surface area contributed by atoms with Gasteiger partial charge in [0.15, 0.2) is 0 Å². The third kappa shape index (κ3) is 4.52. The molecule has 0 aliphatic rings. The second kappa shape index (κ2) is 7.02. The average Bonchev–Trinajstić information content (AvgIpc) is 2.79. The summed E-state index contributed by atoms with van der Waals surface area (Å²) in [5.74, 6) is 0.774. The molecule has 21 heavy (non-hydrogen) atoms. The number of aryl methyl sites for hydroxylation is 1. The lowest BCUT2D eigenvalue weighted by Crippen LogP contribution is -2.14. The Morgan fingerprint density at radius 2 is 2.19 bits per heavy atom. The standard InChI is InChI=1S/C12H12Cl2N4O2S/c1-6-17-18-12(20-6)21-3-2-10(19)16-11-8(14)4-7(13)5-9(11)15/h4-5H,2-3,15H2,1H3,(H,16,19). The van der Waals surface area contributed by atoms with Gasteiger partial charge in [-0.05, 0) is 12.1 Å². The van der Waals surface area contributed by atoms with Crippen LogP contribution in [0.3, 0.4) is 0 Å². The van der Waals surface area contributed by atoms with Crippen molar-refractivity contribution >= 4 is 52.2 Å². The number of hydrogen-bond acceptors (Lipinski definition) is 6. The average molecular weight is 347 g/mol. The van der Waals surface area contributed by atoms with Crippen molar-refractivity contribution in [2.24, 2.45) is 0 Å². The number of nitrogen functional groups attached to an aromatic ring is 1. The summed E-state index contributed by atoms with van der Waals surface area (Å²) in [7, 11) is 0. The smallest absolute Gasteiger partial charge is 0.276 e. The molecule has 6 nitrogen and oxygen atoms in total. The molecule has 0 atom stereocenters. The number of thioether (sulfide) groups is 1. The summed E-state index contributed by atoms with van der Waals surface area (Å²) in [6.45, 7) is 1.70. The molecule has 1 aromatic heterocycles. The first kappa shape index (κ1) is 15.9. The van der Waals surface area contributed by atoms with Crippen LogP contribution in [0.2, 0.25) is 10.0 Å². The number of nitrogens with one attached hydrogen (secondary N) is 1. The fraction of sp³-hybridized carbons (Fsp3) is 0.250. The van der Waals surface area contributed by atoms with E-state index in [-0.39, 0.29) is 12.3 Å². The van der Waals surface area contributed by atoms with E-state index in [4.69, 9.17) is 33.4 Å². The molecular formula is C12H12Cl2N4O2S. The number of rotatable bonds is 5. The third-order valence-electron chi connectivity index (χ3n) is 2.41. The molecule has 0 unspecified atom stereocenters. The van der Waals surface area contributed by atoms with E-state index in [0.29, 0.717) is 38.3 Å². The summed E-state index contributed by atoms with van der Waals surface area (Å²) in [6.07, 6.45) is 0.254. The van der Waals surface area contributed by atoms with Crippen LogP contribution in [-0.2, 0) is 4.79 Å². The number of aromatic nitrogens is 2. The van der Waals surface area contributed by atoms with Crippen LogP contribution in [0, 0.1) is 6.92 Å². The molecule has 0 radical (unpaired) electrons. The molecule has 1 aromatic carbocycles. The predicted molar refractivity (Wildman–Crippen MR) is 83.9 cm³/mol. The second-order valence-corrected chi connectivity index (χ2v) is 5.98. The van der Waals surface area contributed by atoms with E-state index in [1.54, 1.807) is 6.92 Å². The fourth-order valence-electron chi connectivity index (χ4n) is 1.50. The van der Waals surface area contributed by atoms with Crippen molar-refractivity contribution < 1.29 is 9.21 Å². The lowest BCUT2D eigenvalue weighted by Gasteiger charge is -2.10. The van der Waals surface area contributed by atoms with E-state index in [1.165, 1.54) is 23.9 Å². The highest BCUT2D eigenvalue weighted by Crippen LogP contribution is 2.32. The van der Waals surface area contributed by atoms with E-state index in [0.717, 1.165) is 0 Å². The first-order valence-corrected chi connectivity index (χ1v) is 7.67. The Balaban J connectivity index is 1.87. The maximum atomic E-state index is 11.9. The maximum Gasteiger partial charge on any atom is 0.276 e. The molecule has 0 fully saturated rings. The molecule has 0 aliphatic carbocycles. The van der Waals surface area contributed by atoms with E-state index >= 15 is 0 Å². The Kier molecular flexibility index (Phi) is 5.33. The summed E-state index contributed by atoms with van der Waals surface area (Å²) in [6, 6.07) is 3.05. The van der Waals surface area contributed by atoms with E-state index < -0.39 is 0 Å². The first-order chi connectivity index (χ1) is 9.95. The minimum atomic E-state index is -0.213. The van der Waals surface area contributed by atoms with Crippen molar-refractivity contribution in [2.45, 2.75) is 18.6 Å².